The summed E-state index contributed by atoms with van der Waals surface area (Å²) in [6, 6.07) is 20.5. The van der Waals surface area contributed by atoms with Crippen LogP contribution in [0.15, 0.2) is 83.3 Å². The van der Waals surface area contributed by atoms with Gasteiger partial charge in [0, 0.05) is 22.7 Å². The summed E-state index contributed by atoms with van der Waals surface area (Å²) in [4.78, 5) is 28.2. The van der Waals surface area contributed by atoms with Gasteiger partial charge < -0.3 is 9.73 Å². The van der Waals surface area contributed by atoms with Gasteiger partial charge in [0.15, 0.2) is 0 Å². The second kappa shape index (κ2) is 9.94. The van der Waals surface area contributed by atoms with Crippen LogP contribution in [-0.4, -0.2) is 15.8 Å². The van der Waals surface area contributed by atoms with E-state index in [1.54, 1.807) is 42.5 Å². The number of para-hydroxylation sites is 2. The predicted molar refractivity (Wildman–Crippen MR) is 144 cm³/mol. The summed E-state index contributed by atoms with van der Waals surface area (Å²) in [6.07, 6.45) is 2.75. The highest BCUT2D eigenvalue weighted by Crippen LogP contribution is 2.40. The van der Waals surface area contributed by atoms with Crippen LogP contribution in [0.1, 0.15) is 5.76 Å². The first-order chi connectivity index (χ1) is 17.4. The van der Waals surface area contributed by atoms with Crippen molar-refractivity contribution in [1.82, 2.24) is 4.98 Å². The first kappa shape index (κ1) is 23.7. The average Bonchev–Trinajstić information content (AvgIpc) is 3.51. The van der Waals surface area contributed by atoms with Gasteiger partial charge in [-0.25, -0.2) is 4.98 Å². The average molecular weight is 536 g/mol. The molecule has 0 spiro atoms. The first-order valence-electron chi connectivity index (χ1n) is 10.6. The van der Waals surface area contributed by atoms with Crippen LogP contribution in [0.4, 0.5) is 11.4 Å². The number of anilines is 1. The molecule has 36 heavy (non-hydrogen) atoms. The maximum absolute atomic E-state index is 12.8. The predicted octanol–water partition coefficient (Wildman–Crippen LogP) is 8.09. The van der Waals surface area contributed by atoms with E-state index in [4.69, 9.17) is 27.6 Å². The van der Waals surface area contributed by atoms with Crippen LogP contribution < -0.4 is 5.32 Å². The minimum Gasteiger partial charge on any atom is -0.456 e. The number of nitro benzene ring substituents is 1. The lowest BCUT2D eigenvalue weighted by Gasteiger charge is -2.11. The topological polar surface area (TPSA) is 98.3 Å². The van der Waals surface area contributed by atoms with Gasteiger partial charge in [0.25, 0.3) is 5.69 Å². The number of carbonyl (C=O) groups is 1. The standard InChI is InChI=1S/C26H15Cl2N3O4S/c27-15-13-18(26-29-20-6-2-4-8-23(20)36-26)25(19(28)14-15)30-24(32)12-10-16-9-11-22(35-16)17-5-1-3-7-21(17)31(33)34/h1-14H,(H,30,32)/b12-10+. The van der Waals surface area contributed by atoms with Crippen LogP contribution in [0.5, 0.6) is 0 Å². The van der Waals surface area contributed by atoms with Gasteiger partial charge >= 0.3 is 0 Å². The minimum atomic E-state index is -0.473. The molecule has 3 aromatic carbocycles. The maximum Gasteiger partial charge on any atom is 0.280 e. The molecule has 10 heteroatoms. The molecule has 0 aliphatic rings. The fourth-order valence-corrected chi connectivity index (χ4v) is 5.14. The number of rotatable bonds is 6. The number of nitro groups is 1. The summed E-state index contributed by atoms with van der Waals surface area (Å²) in [7, 11) is 0. The van der Waals surface area contributed by atoms with Crippen LogP contribution in [0, 0.1) is 10.1 Å². The number of benzene rings is 3. The Bertz CT molecular complexity index is 1630. The van der Waals surface area contributed by atoms with Gasteiger partial charge in [0.1, 0.15) is 16.5 Å². The summed E-state index contributed by atoms with van der Waals surface area (Å²) in [6.45, 7) is 0. The van der Waals surface area contributed by atoms with Gasteiger partial charge in [-0.05, 0) is 48.5 Å². The molecular formula is C26H15Cl2N3O4S. The summed E-state index contributed by atoms with van der Waals surface area (Å²) in [5, 5.41) is 15.5. The van der Waals surface area contributed by atoms with E-state index in [1.165, 1.54) is 29.6 Å². The van der Waals surface area contributed by atoms with Crippen molar-refractivity contribution < 1.29 is 14.1 Å². The third-order valence-corrected chi connectivity index (χ3v) is 6.81. The Morgan fingerprint density at radius 2 is 1.81 bits per heavy atom. The molecule has 1 N–H and O–H groups in total. The van der Waals surface area contributed by atoms with Crippen molar-refractivity contribution in [2.75, 3.05) is 5.32 Å². The van der Waals surface area contributed by atoms with Gasteiger partial charge in [-0.1, -0.05) is 47.5 Å². The summed E-state index contributed by atoms with van der Waals surface area (Å²) in [5.74, 6) is 0.221. The number of halogens is 2. The molecule has 0 bridgehead atoms. The number of hydrogen-bond donors (Lipinski definition) is 1. The zero-order valence-corrected chi connectivity index (χ0v) is 20.6. The minimum absolute atomic E-state index is 0.0696. The molecule has 1 amide bonds. The summed E-state index contributed by atoms with van der Waals surface area (Å²) < 4.78 is 6.70. The number of nitrogens with one attached hydrogen (secondary N) is 1. The molecule has 0 radical (unpaired) electrons. The van der Waals surface area contributed by atoms with Crippen molar-refractivity contribution >= 4 is 68.1 Å². The molecule has 0 fully saturated rings. The third kappa shape index (κ3) is 4.87. The summed E-state index contributed by atoms with van der Waals surface area (Å²) in [5.41, 5.74) is 2.10. The highest BCUT2D eigenvalue weighted by atomic mass is 35.5. The molecule has 0 saturated heterocycles. The number of nitrogens with zero attached hydrogens (tertiary/aromatic N) is 2. The van der Waals surface area contributed by atoms with Crippen molar-refractivity contribution in [2.45, 2.75) is 0 Å². The van der Waals surface area contributed by atoms with Crippen molar-refractivity contribution in [1.29, 1.82) is 0 Å². The Labute approximate surface area is 218 Å². The van der Waals surface area contributed by atoms with Crippen LogP contribution in [0.3, 0.4) is 0 Å². The molecule has 0 aliphatic carbocycles. The first-order valence-corrected chi connectivity index (χ1v) is 12.1. The number of hydrogen-bond acceptors (Lipinski definition) is 6. The number of aromatic nitrogens is 1. The largest absolute Gasteiger partial charge is 0.456 e. The van der Waals surface area contributed by atoms with Gasteiger partial charge in [0.05, 0.1) is 31.4 Å². The van der Waals surface area contributed by atoms with Crippen LogP contribution in [-0.2, 0) is 4.79 Å². The van der Waals surface area contributed by atoms with Crippen molar-refractivity contribution in [3.63, 3.8) is 0 Å². The Morgan fingerprint density at radius 3 is 2.61 bits per heavy atom. The van der Waals surface area contributed by atoms with Crippen LogP contribution >= 0.6 is 34.5 Å². The van der Waals surface area contributed by atoms with Crippen LogP contribution in [0.25, 0.3) is 38.2 Å². The molecule has 0 atom stereocenters. The lowest BCUT2D eigenvalue weighted by Crippen LogP contribution is -2.09. The second-order valence-electron chi connectivity index (χ2n) is 7.60. The smallest absolute Gasteiger partial charge is 0.280 e. The second-order valence-corrected chi connectivity index (χ2v) is 9.47. The quantitative estimate of drug-likeness (QED) is 0.134. The highest BCUT2D eigenvalue weighted by Gasteiger charge is 2.18. The van der Waals surface area contributed by atoms with E-state index < -0.39 is 10.8 Å². The van der Waals surface area contributed by atoms with E-state index in [0.29, 0.717) is 38.4 Å². The van der Waals surface area contributed by atoms with E-state index in [-0.39, 0.29) is 10.7 Å². The number of thiazole rings is 1. The molecule has 0 aliphatic heterocycles. The number of carbonyl (C=O) groups excluding carboxylic acids is 1. The molecule has 2 heterocycles. The van der Waals surface area contributed by atoms with Gasteiger partial charge in [-0.3, -0.25) is 14.9 Å². The molecule has 5 aromatic rings. The van der Waals surface area contributed by atoms with Gasteiger partial charge in [0.2, 0.25) is 5.91 Å². The fraction of sp³-hybridized carbons (Fsp3) is 0. The van der Waals surface area contributed by atoms with E-state index in [2.05, 4.69) is 10.3 Å². The van der Waals surface area contributed by atoms with E-state index in [9.17, 15) is 14.9 Å². The van der Waals surface area contributed by atoms with Gasteiger partial charge in [-0.15, -0.1) is 11.3 Å². The number of fused-ring (bicyclic) bond motifs is 1. The molecule has 2 aromatic heterocycles. The van der Waals surface area contributed by atoms with Crippen molar-refractivity contribution in [3.8, 4) is 21.9 Å². The molecule has 0 saturated carbocycles. The molecule has 5 rings (SSSR count). The van der Waals surface area contributed by atoms with E-state index >= 15 is 0 Å². The Morgan fingerprint density at radius 1 is 1.03 bits per heavy atom. The monoisotopic (exact) mass is 535 g/mol. The zero-order chi connectivity index (χ0) is 25.2. The molecular weight excluding hydrogens is 521 g/mol. The van der Waals surface area contributed by atoms with Gasteiger partial charge in [-0.2, -0.15) is 0 Å². The number of amides is 1. The van der Waals surface area contributed by atoms with E-state index in [0.717, 1.165) is 10.2 Å². The normalized spacial score (nSPS) is 11.3. The SMILES string of the molecule is O=C(/C=C/c1ccc(-c2ccccc2[N+](=O)[O-])o1)Nc1c(Cl)cc(Cl)cc1-c1nc2ccccc2s1. The number of furan rings is 1. The maximum atomic E-state index is 12.8. The third-order valence-electron chi connectivity index (χ3n) is 5.22. The lowest BCUT2D eigenvalue weighted by atomic mass is 10.1. The molecule has 178 valence electrons. The van der Waals surface area contributed by atoms with E-state index in [1.807, 2.05) is 24.3 Å². The summed E-state index contributed by atoms with van der Waals surface area (Å²) >= 11 is 14.1. The Balaban J connectivity index is 1.40. The van der Waals surface area contributed by atoms with Crippen LogP contribution in [0.2, 0.25) is 10.0 Å². The zero-order valence-electron chi connectivity index (χ0n) is 18.3. The lowest BCUT2D eigenvalue weighted by molar-refractivity contribution is -0.384. The Kier molecular flexibility index (Phi) is 6.56. The van der Waals surface area contributed by atoms with Crippen molar-refractivity contribution in [3.05, 3.63) is 105 Å². The molecule has 7 nitrogen and oxygen atoms in total. The Hall–Kier alpha value is -3.98. The fourth-order valence-electron chi connectivity index (χ4n) is 3.61. The van der Waals surface area contributed by atoms with Crippen molar-refractivity contribution in [2.24, 2.45) is 0 Å². The highest BCUT2D eigenvalue weighted by molar-refractivity contribution is 7.21. The molecule has 0 unspecified atom stereocenters.